The summed E-state index contributed by atoms with van der Waals surface area (Å²) in [5, 5.41) is 1.14. The zero-order valence-electron chi connectivity index (χ0n) is 10.8. The first-order chi connectivity index (χ1) is 8.93. The minimum Gasteiger partial charge on any atom is -0.490 e. The lowest BCUT2D eigenvalue weighted by molar-refractivity contribution is 0.220. The molecule has 4 nitrogen and oxygen atoms in total. The van der Waals surface area contributed by atoms with Crippen LogP contribution in [0.15, 0.2) is 41.3 Å². The van der Waals surface area contributed by atoms with Crippen molar-refractivity contribution in [2.24, 2.45) is 0 Å². The quantitative estimate of drug-likeness (QED) is 0.873. The van der Waals surface area contributed by atoms with Crippen LogP contribution in [0.2, 0.25) is 0 Å². The van der Waals surface area contributed by atoms with Crippen molar-refractivity contribution < 1.29 is 17.7 Å². The standard InChI is InChI=1S/C14H16O4S/c1-3-10(2)18-13-8-9-14(19(15,16)17)12-7-5-4-6-11(12)13/h4-10H,3H2,1-2H3,(H,15,16,17). The third-order valence-electron chi connectivity index (χ3n) is 3.03. The molecule has 102 valence electrons. The molecular weight excluding hydrogens is 264 g/mol. The van der Waals surface area contributed by atoms with Crippen LogP contribution < -0.4 is 4.74 Å². The van der Waals surface area contributed by atoms with E-state index >= 15 is 0 Å². The number of ether oxygens (including phenoxy) is 1. The van der Waals surface area contributed by atoms with Crippen LogP contribution in [0.5, 0.6) is 5.75 Å². The van der Waals surface area contributed by atoms with E-state index in [0.29, 0.717) is 16.5 Å². The lowest BCUT2D eigenvalue weighted by Crippen LogP contribution is -2.10. The van der Waals surface area contributed by atoms with Gasteiger partial charge in [0.2, 0.25) is 0 Å². The van der Waals surface area contributed by atoms with Crippen molar-refractivity contribution in [2.45, 2.75) is 31.3 Å². The Balaban J connectivity index is 2.65. The van der Waals surface area contributed by atoms with Crippen molar-refractivity contribution in [1.29, 1.82) is 0 Å². The molecule has 2 aromatic carbocycles. The SMILES string of the molecule is CCC(C)Oc1ccc(S(=O)(=O)O)c2ccccc12. The summed E-state index contributed by atoms with van der Waals surface area (Å²) in [6.45, 7) is 3.96. The number of rotatable bonds is 4. The lowest BCUT2D eigenvalue weighted by Gasteiger charge is -2.15. The lowest BCUT2D eigenvalue weighted by atomic mass is 10.1. The summed E-state index contributed by atoms with van der Waals surface area (Å²) in [6.07, 6.45) is 0.897. The summed E-state index contributed by atoms with van der Waals surface area (Å²) >= 11 is 0. The van der Waals surface area contributed by atoms with Crippen molar-refractivity contribution in [2.75, 3.05) is 0 Å². The second-order valence-corrected chi connectivity index (χ2v) is 5.81. The number of hydrogen-bond donors (Lipinski definition) is 1. The molecule has 5 heteroatoms. The molecule has 1 atom stereocenters. The average Bonchev–Trinajstić information content (AvgIpc) is 2.37. The van der Waals surface area contributed by atoms with Crippen LogP contribution >= 0.6 is 0 Å². The second-order valence-electron chi connectivity index (χ2n) is 4.42. The zero-order chi connectivity index (χ0) is 14.0. The Bertz CT molecular complexity index is 692. The van der Waals surface area contributed by atoms with Gasteiger partial charge in [-0.05, 0) is 25.5 Å². The number of fused-ring (bicyclic) bond motifs is 1. The van der Waals surface area contributed by atoms with Gasteiger partial charge in [-0.15, -0.1) is 0 Å². The van der Waals surface area contributed by atoms with Crippen LogP contribution in [-0.2, 0) is 10.1 Å². The van der Waals surface area contributed by atoms with Gasteiger partial charge >= 0.3 is 0 Å². The first-order valence-corrected chi connectivity index (χ1v) is 7.53. The van der Waals surface area contributed by atoms with Gasteiger partial charge < -0.3 is 4.74 Å². The monoisotopic (exact) mass is 280 g/mol. The fraction of sp³-hybridized carbons (Fsp3) is 0.286. The van der Waals surface area contributed by atoms with Gasteiger partial charge in [-0.2, -0.15) is 8.42 Å². The highest BCUT2D eigenvalue weighted by molar-refractivity contribution is 7.86. The van der Waals surface area contributed by atoms with E-state index in [1.54, 1.807) is 30.3 Å². The Morgan fingerprint density at radius 2 is 1.79 bits per heavy atom. The summed E-state index contributed by atoms with van der Waals surface area (Å²) in [5.41, 5.74) is 0. The minimum atomic E-state index is -4.24. The molecule has 2 rings (SSSR count). The summed E-state index contributed by atoms with van der Waals surface area (Å²) < 4.78 is 37.7. The van der Waals surface area contributed by atoms with Crippen LogP contribution in [-0.4, -0.2) is 19.1 Å². The molecule has 0 fully saturated rings. The van der Waals surface area contributed by atoms with Gasteiger partial charge in [0.1, 0.15) is 10.6 Å². The first-order valence-electron chi connectivity index (χ1n) is 6.09. The van der Waals surface area contributed by atoms with E-state index in [1.165, 1.54) is 6.07 Å². The Labute approximate surface area is 112 Å². The molecule has 0 amide bonds. The van der Waals surface area contributed by atoms with Crippen molar-refractivity contribution in [3.05, 3.63) is 36.4 Å². The molecule has 19 heavy (non-hydrogen) atoms. The molecule has 0 aliphatic rings. The van der Waals surface area contributed by atoms with Gasteiger partial charge in [0.05, 0.1) is 6.10 Å². The first kappa shape index (κ1) is 13.8. The molecule has 0 aromatic heterocycles. The topological polar surface area (TPSA) is 63.6 Å². The predicted molar refractivity (Wildman–Crippen MR) is 74.1 cm³/mol. The van der Waals surface area contributed by atoms with Gasteiger partial charge in [-0.25, -0.2) is 0 Å². The van der Waals surface area contributed by atoms with E-state index in [9.17, 15) is 13.0 Å². The molecule has 0 spiro atoms. The highest BCUT2D eigenvalue weighted by Crippen LogP contribution is 2.31. The smallest absolute Gasteiger partial charge is 0.295 e. The van der Waals surface area contributed by atoms with Gasteiger partial charge in [0, 0.05) is 10.8 Å². The molecule has 0 aliphatic heterocycles. The Hall–Kier alpha value is -1.59. The Morgan fingerprint density at radius 1 is 1.16 bits per heavy atom. The molecule has 0 aliphatic carbocycles. The fourth-order valence-corrected chi connectivity index (χ4v) is 2.57. The van der Waals surface area contributed by atoms with E-state index in [0.717, 1.165) is 6.42 Å². The maximum Gasteiger partial charge on any atom is 0.295 e. The molecule has 2 aromatic rings. The molecule has 0 bridgehead atoms. The van der Waals surface area contributed by atoms with Crippen LogP contribution in [0.4, 0.5) is 0 Å². The normalized spacial score (nSPS) is 13.4. The largest absolute Gasteiger partial charge is 0.490 e. The Morgan fingerprint density at radius 3 is 2.37 bits per heavy atom. The molecule has 1 N–H and O–H groups in total. The molecule has 0 saturated carbocycles. The average molecular weight is 280 g/mol. The van der Waals surface area contributed by atoms with E-state index in [2.05, 4.69) is 0 Å². The van der Waals surface area contributed by atoms with E-state index in [4.69, 9.17) is 4.74 Å². The van der Waals surface area contributed by atoms with Crippen molar-refractivity contribution in [3.63, 3.8) is 0 Å². The molecule has 0 heterocycles. The van der Waals surface area contributed by atoms with Crippen molar-refractivity contribution >= 4 is 20.9 Å². The molecule has 1 unspecified atom stereocenters. The van der Waals surface area contributed by atoms with Gasteiger partial charge in [-0.3, -0.25) is 4.55 Å². The van der Waals surface area contributed by atoms with Crippen LogP contribution in [0.3, 0.4) is 0 Å². The molecule has 0 radical (unpaired) electrons. The van der Waals surface area contributed by atoms with Crippen molar-refractivity contribution in [1.82, 2.24) is 0 Å². The third-order valence-corrected chi connectivity index (χ3v) is 3.94. The fourth-order valence-electron chi connectivity index (χ4n) is 1.87. The van der Waals surface area contributed by atoms with Crippen LogP contribution in [0, 0.1) is 0 Å². The van der Waals surface area contributed by atoms with Crippen molar-refractivity contribution in [3.8, 4) is 5.75 Å². The van der Waals surface area contributed by atoms with Gasteiger partial charge in [0.15, 0.2) is 0 Å². The summed E-state index contributed by atoms with van der Waals surface area (Å²) in [7, 11) is -4.24. The summed E-state index contributed by atoms with van der Waals surface area (Å²) in [4.78, 5) is -0.0976. The Kier molecular flexibility index (Phi) is 3.78. The maximum absolute atomic E-state index is 11.4. The number of benzene rings is 2. The second kappa shape index (κ2) is 5.19. The highest BCUT2D eigenvalue weighted by Gasteiger charge is 2.16. The molecular formula is C14H16O4S. The van der Waals surface area contributed by atoms with Crippen LogP contribution in [0.1, 0.15) is 20.3 Å². The summed E-state index contributed by atoms with van der Waals surface area (Å²) in [5.74, 6) is 0.623. The number of hydrogen-bond acceptors (Lipinski definition) is 3. The zero-order valence-corrected chi connectivity index (χ0v) is 11.6. The van der Waals surface area contributed by atoms with E-state index < -0.39 is 10.1 Å². The van der Waals surface area contributed by atoms with E-state index in [-0.39, 0.29) is 11.0 Å². The van der Waals surface area contributed by atoms with E-state index in [1.807, 2.05) is 13.8 Å². The van der Waals surface area contributed by atoms with Crippen LogP contribution in [0.25, 0.3) is 10.8 Å². The predicted octanol–water partition coefficient (Wildman–Crippen LogP) is 3.26. The maximum atomic E-state index is 11.4. The molecule has 0 saturated heterocycles. The van der Waals surface area contributed by atoms with Gasteiger partial charge in [0.25, 0.3) is 10.1 Å². The summed E-state index contributed by atoms with van der Waals surface area (Å²) in [6, 6.07) is 9.92. The third kappa shape index (κ3) is 2.88. The van der Waals surface area contributed by atoms with Gasteiger partial charge in [-0.1, -0.05) is 31.2 Å². The minimum absolute atomic E-state index is 0.0417. The highest BCUT2D eigenvalue weighted by atomic mass is 32.2.